The van der Waals surface area contributed by atoms with Crippen molar-refractivity contribution in [2.45, 2.75) is 37.6 Å². The van der Waals surface area contributed by atoms with Crippen LogP contribution in [-0.4, -0.2) is 75.6 Å². The third kappa shape index (κ3) is 4.10. The van der Waals surface area contributed by atoms with Gasteiger partial charge in [0.1, 0.15) is 35.2 Å². The second-order valence-electron chi connectivity index (χ2n) is 7.85. The Hall–Kier alpha value is -3.51. The normalized spacial score (nSPS) is 24.7. The number of hydrogen-bond acceptors (Lipinski definition) is 10. The highest BCUT2D eigenvalue weighted by molar-refractivity contribution is 5.88. The lowest BCUT2D eigenvalue weighted by Gasteiger charge is -2.38. The number of phenolic OH excluding ortho intramolecular Hbond substituents is 3. The maximum atomic E-state index is 10.4. The van der Waals surface area contributed by atoms with Gasteiger partial charge in [0.25, 0.3) is 0 Å². The molecule has 0 spiro atoms. The van der Waals surface area contributed by atoms with Gasteiger partial charge in [0.15, 0.2) is 11.5 Å². The summed E-state index contributed by atoms with van der Waals surface area (Å²) in [4.78, 5) is 0. The predicted octanol–water partition coefficient (Wildman–Crippen LogP) is 1.72. The van der Waals surface area contributed by atoms with Gasteiger partial charge >= 0.3 is 11.3 Å². The van der Waals surface area contributed by atoms with Crippen LogP contribution < -0.4 is 14.2 Å². The van der Waals surface area contributed by atoms with Gasteiger partial charge in [-0.25, -0.2) is 4.42 Å². The molecule has 5 unspecified atom stereocenters. The van der Waals surface area contributed by atoms with Gasteiger partial charge in [-0.1, -0.05) is 0 Å². The molecule has 0 amide bonds. The fourth-order valence-electron chi connectivity index (χ4n) is 3.73. The van der Waals surface area contributed by atoms with Crippen LogP contribution in [0.4, 0.5) is 0 Å². The van der Waals surface area contributed by atoms with E-state index in [0.29, 0.717) is 5.56 Å². The van der Waals surface area contributed by atoms with Crippen LogP contribution in [0, 0.1) is 0 Å². The van der Waals surface area contributed by atoms with E-state index in [4.69, 9.17) is 23.4 Å². The Bertz CT molecular complexity index is 1190. The topological polar surface area (TPSA) is 170 Å². The molecule has 4 rings (SSSR count). The third-order valence-electron chi connectivity index (χ3n) is 5.61. The standard InChI is InChI=1S/C23H24O11/c1-9-18(26)20(28)21(29)23(32-9)34-17-8-12-13(25)6-11(24)7-14(12)33-22(17)10-4-15(30-2)19(27)16(5-10)31-3/h4-9,18,20-21,23,26,28-29H,1-3H3,(H2-,24,25,27)/p+1. The summed E-state index contributed by atoms with van der Waals surface area (Å²) in [6.45, 7) is 1.51. The van der Waals surface area contributed by atoms with Gasteiger partial charge < -0.3 is 49.6 Å². The number of aromatic hydroxyl groups is 3. The molecule has 34 heavy (non-hydrogen) atoms. The van der Waals surface area contributed by atoms with Crippen molar-refractivity contribution in [3.8, 4) is 45.8 Å². The minimum atomic E-state index is -1.60. The summed E-state index contributed by atoms with van der Waals surface area (Å²) in [5.74, 6) is -0.646. The van der Waals surface area contributed by atoms with E-state index in [1.807, 2.05) is 0 Å². The monoisotopic (exact) mass is 477 g/mol. The second kappa shape index (κ2) is 9.03. The molecule has 0 aliphatic carbocycles. The summed E-state index contributed by atoms with van der Waals surface area (Å²) >= 11 is 0. The van der Waals surface area contributed by atoms with Gasteiger partial charge in [-0.05, 0) is 6.92 Å². The predicted molar refractivity (Wildman–Crippen MR) is 117 cm³/mol. The first-order chi connectivity index (χ1) is 16.1. The molecule has 0 saturated carbocycles. The first kappa shape index (κ1) is 23.6. The molecule has 11 nitrogen and oxygen atoms in total. The number of hydrogen-bond donors (Lipinski definition) is 6. The van der Waals surface area contributed by atoms with Gasteiger partial charge in [-0.15, -0.1) is 0 Å². The molecule has 2 aromatic carbocycles. The molecule has 1 saturated heterocycles. The van der Waals surface area contributed by atoms with E-state index >= 15 is 0 Å². The molecule has 0 bridgehead atoms. The number of ether oxygens (including phenoxy) is 4. The minimum absolute atomic E-state index is 0.0249. The van der Waals surface area contributed by atoms with Crippen LogP contribution in [0.3, 0.4) is 0 Å². The molecule has 2 heterocycles. The zero-order chi connectivity index (χ0) is 24.7. The van der Waals surface area contributed by atoms with E-state index < -0.39 is 30.7 Å². The second-order valence-corrected chi connectivity index (χ2v) is 7.85. The summed E-state index contributed by atoms with van der Waals surface area (Å²) in [6, 6.07) is 6.68. The smallest absolute Gasteiger partial charge is 0.402 e. The number of methoxy groups -OCH3 is 2. The van der Waals surface area contributed by atoms with Crippen molar-refractivity contribution < 1.29 is 54.0 Å². The lowest BCUT2D eigenvalue weighted by Crippen LogP contribution is -2.58. The highest BCUT2D eigenvalue weighted by Crippen LogP contribution is 2.45. The largest absolute Gasteiger partial charge is 0.507 e. The molecular weight excluding hydrogens is 452 g/mol. The van der Waals surface area contributed by atoms with Gasteiger partial charge in [-0.2, -0.15) is 0 Å². The van der Waals surface area contributed by atoms with E-state index in [2.05, 4.69) is 0 Å². The Morgan fingerprint density at radius 1 is 0.824 bits per heavy atom. The number of fused-ring (bicyclic) bond motifs is 1. The summed E-state index contributed by atoms with van der Waals surface area (Å²) < 4.78 is 27.7. The van der Waals surface area contributed by atoms with Crippen LogP contribution in [-0.2, 0) is 4.74 Å². The Morgan fingerprint density at radius 2 is 1.47 bits per heavy atom. The first-order valence-corrected chi connectivity index (χ1v) is 10.3. The first-order valence-electron chi connectivity index (χ1n) is 10.3. The van der Waals surface area contributed by atoms with E-state index in [-0.39, 0.29) is 51.2 Å². The van der Waals surface area contributed by atoms with Crippen molar-refractivity contribution in [3.05, 3.63) is 30.3 Å². The maximum Gasteiger partial charge on any atom is 0.402 e. The van der Waals surface area contributed by atoms with E-state index in [9.17, 15) is 30.6 Å². The summed E-state index contributed by atoms with van der Waals surface area (Å²) in [5.41, 5.74) is 0.407. The van der Waals surface area contributed by atoms with Crippen LogP contribution in [0.5, 0.6) is 34.5 Å². The molecule has 1 fully saturated rings. The van der Waals surface area contributed by atoms with Gasteiger partial charge in [0.05, 0.1) is 32.0 Å². The van der Waals surface area contributed by atoms with Crippen LogP contribution in [0.1, 0.15) is 6.92 Å². The maximum absolute atomic E-state index is 10.4. The Kier molecular flexibility index (Phi) is 6.28. The molecule has 0 radical (unpaired) electrons. The molecule has 5 atom stereocenters. The molecule has 1 aliphatic rings. The number of aliphatic hydroxyl groups excluding tert-OH is 3. The zero-order valence-electron chi connectivity index (χ0n) is 18.5. The molecule has 6 N–H and O–H groups in total. The van der Waals surface area contributed by atoms with Gasteiger partial charge in [0, 0.05) is 24.3 Å². The molecule has 3 aromatic rings. The van der Waals surface area contributed by atoms with Crippen molar-refractivity contribution >= 4 is 11.0 Å². The third-order valence-corrected chi connectivity index (χ3v) is 5.61. The summed E-state index contributed by atoms with van der Waals surface area (Å²) in [7, 11) is 2.70. The van der Waals surface area contributed by atoms with Crippen LogP contribution >= 0.6 is 0 Å². The zero-order valence-corrected chi connectivity index (χ0v) is 18.5. The summed E-state index contributed by atoms with van der Waals surface area (Å²) in [6.07, 6.45) is -6.72. The molecule has 11 heteroatoms. The van der Waals surface area contributed by atoms with Crippen molar-refractivity contribution in [1.29, 1.82) is 0 Å². The quantitative estimate of drug-likeness (QED) is 0.296. The van der Waals surface area contributed by atoms with E-state index in [0.717, 1.165) is 6.07 Å². The van der Waals surface area contributed by atoms with Crippen molar-refractivity contribution in [3.63, 3.8) is 0 Å². The number of phenols is 3. The SMILES string of the molecule is COc1cc(-c2[o+]c3cc(O)cc(O)c3cc2OC2OC(C)C(O)C(O)C2O)cc(OC)c1O. The lowest BCUT2D eigenvalue weighted by atomic mass is 10.00. The van der Waals surface area contributed by atoms with E-state index in [1.54, 1.807) is 0 Å². The Labute approximate surface area is 193 Å². The van der Waals surface area contributed by atoms with Gasteiger partial charge in [-0.3, -0.25) is 0 Å². The van der Waals surface area contributed by atoms with Crippen LogP contribution in [0.25, 0.3) is 22.3 Å². The molecule has 1 aromatic heterocycles. The minimum Gasteiger partial charge on any atom is -0.507 e. The number of benzene rings is 2. The fraction of sp³-hybridized carbons (Fsp3) is 0.348. The number of aliphatic hydroxyl groups is 3. The molecular formula is C23H25O11+. The molecule has 1 aliphatic heterocycles. The Balaban J connectivity index is 1.90. The van der Waals surface area contributed by atoms with Crippen LogP contribution in [0.15, 0.2) is 34.7 Å². The molecule has 182 valence electrons. The van der Waals surface area contributed by atoms with Gasteiger partial charge in [0.2, 0.25) is 17.8 Å². The highest BCUT2D eigenvalue weighted by atomic mass is 16.7. The average molecular weight is 477 g/mol. The average Bonchev–Trinajstić information content (AvgIpc) is 2.81. The van der Waals surface area contributed by atoms with E-state index in [1.165, 1.54) is 45.4 Å². The Morgan fingerprint density at radius 3 is 2.09 bits per heavy atom. The van der Waals surface area contributed by atoms with Crippen molar-refractivity contribution in [1.82, 2.24) is 0 Å². The van der Waals surface area contributed by atoms with Crippen molar-refractivity contribution in [2.75, 3.05) is 14.2 Å². The highest BCUT2D eigenvalue weighted by Gasteiger charge is 2.44. The number of rotatable bonds is 5. The van der Waals surface area contributed by atoms with Crippen LogP contribution in [0.2, 0.25) is 0 Å². The lowest BCUT2D eigenvalue weighted by molar-refractivity contribution is -0.268. The van der Waals surface area contributed by atoms with Crippen molar-refractivity contribution in [2.24, 2.45) is 0 Å². The summed E-state index contributed by atoms with van der Waals surface area (Å²) in [5, 5.41) is 61.2. The fourth-order valence-corrected chi connectivity index (χ4v) is 3.73.